The highest BCUT2D eigenvalue weighted by Crippen LogP contribution is 2.20. The Balaban J connectivity index is 1.79. The summed E-state index contributed by atoms with van der Waals surface area (Å²) < 4.78 is 1.84. The van der Waals surface area contributed by atoms with E-state index in [0.717, 1.165) is 37.1 Å². The van der Waals surface area contributed by atoms with E-state index in [9.17, 15) is 4.79 Å². The number of aromatic nitrogens is 5. The summed E-state index contributed by atoms with van der Waals surface area (Å²) in [7, 11) is 0. The van der Waals surface area contributed by atoms with Crippen molar-refractivity contribution in [2.24, 2.45) is 0 Å². The number of benzene rings is 1. The third-order valence-corrected chi connectivity index (χ3v) is 3.93. The van der Waals surface area contributed by atoms with Gasteiger partial charge >= 0.3 is 0 Å². The van der Waals surface area contributed by atoms with E-state index in [1.54, 1.807) is 0 Å². The number of amides is 1. The van der Waals surface area contributed by atoms with Crippen LogP contribution >= 0.6 is 0 Å². The van der Waals surface area contributed by atoms with Crippen LogP contribution in [0.1, 0.15) is 42.4 Å². The van der Waals surface area contributed by atoms with Crippen LogP contribution in [0.3, 0.4) is 0 Å². The molecule has 2 N–H and O–H groups in total. The molecule has 0 saturated carbocycles. The van der Waals surface area contributed by atoms with Crippen molar-refractivity contribution in [3.63, 3.8) is 0 Å². The van der Waals surface area contributed by atoms with Crippen molar-refractivity contribution in [3.8, 4) is 11.3 Å². The van der Waals surface area contributed by atoms with Gasteiger partial charge in [-0.15, -0.1) is 0 Å². The number of carbonyl (C=O) groups excluding carboxylic acids is 1. The fourth-order valence-electron chi connectivity index (χ4n) is 2.69. The Bertz CT molecular complexity index is 836. The predicted molar refractivity (Wildman–Crippen MR) is 96.3 cm³/mol. The second kappa shape index (κ2) is 7.74. The van der Waals surface area contributed by atoms with Crippen LogP contribution in [-0.4, -0.2) is 31.1 Å². The molecule has 25 heavy (non-hydrogen) atoms. The summed E-state index contributed by atoms with van der Waals surface area (Å²) in [5.41, 5.74) is 2.52. The van der Waals surface area contributed by atoms with Gasteiger partial charge in [-0.2, -0.15) is 20.5 Å². The molecular formula is C18H22N6O. The van der Waals surface area contributed by atoms with Crippen molar-refractivity contribution < 1.29 is 4.79 Å². The minimum absolute atomic E-state index is 0.269. The van der Waals surface area contributed by atoms with Gasteiger partial charge in [0, 0.05) is 18.2 Å². The largest absolute Gasteiger partial charge is 0.305 e. The summed E-state index contributed by atoms with van der Waals surface area (Å²) in [6.45, 7) is 4.85. The fraction of sp³-hybridized carbons (Fsp3) is 0.333. The molecule has 3 rings (SSSR count). The standard InChI is InChI=1S/C18H22N6O/c1-3-4-8-11-24-15(12-13(2)22-24)19-18(25)17-16(20-23-21-17)14-9-6-5-7-10-14/h5-7,9-10,12H,3-4,8,11H2,1-2H3,(H,19,25)(H,20,21,23). The SMILES string of the molecule is CCCCCn1nc(C)cc1NC(=O)c1n[nH]nc1-c1ccccc1. The van der Waals surface area contributed by atoms with Gasteiger partial charge in [0.05, 0.1) is 5.69 Å². The molecule has 0 saturated heterocycles. The summed E-state index contributed by atoms with van der Waals surface area (Å²) in [5.74, 6) is 0.379. The van der Waals surface area contributed by atoms with Crippen LogP contribution in [0, 0.1) is 6.92 Å². The number of unbranched alkanes of at least 4 members (excludes halogenated alkanes) is 2. The third-order valence-electron chi connectivity index (χ3n) is 3.93. The Morgan fingerprint density at radius 1 is 1.20 bits per heavy atom. The Morgan fingerprint density at radius 3 is 2.76 bits per heavy atom. The summed E-state index contributed by atoms with van der Waals surface area (Å²) in [6.07, 6.45) is 3.30. The van der Waals surface area contributed by atoms with Crippen molar-refractivity contribution in [1.29, 1.82) is 0 Å². The quantitative estimate of drug-likeness (QED) is 0.646. The first-order chi connectivity index (χ1) is 12.2. The van der Waals surface area contributed by atoms with E-state index in [1.165, 1.54) is 0 Å². The number of anilines is 1. The first-order valence-corrected chi connectivity index (χ1v) is 8.51. The molecule has 7 heteroatoms. The van der Waals surface area contributed by atoms with E-state index < -0.39 is 0 Å². The first-order valence-electron chi connectivity index (χ1n) is 8.51. The lowest BCUT2D eigenvalue weighted by Crippen LogP contribution is -2.17. The van der Waals surface area contributed by atoms with Gasteiger partial charge in [0.1, 0.15) is 11.5 Å². The molecule has 0 atom stereocenters. The number of hydrogen-bond donors (Lipinski definition) is 2. The van der Waals surface area contributed by atoms with Crippen molar-refractivity contribution in [2.45, 2.75) is 39.7 Å². The van der Waals surface area contributed by atoms with Gasteiger partial charge in [0.25, 0.3) is 5.91 Å². The van der Waals surface area contributed by atoms with Crippen LogP contribution < -0.4 is 5.32 Å². The average Bonchev–Trinajstić information content (AvgIpc) is 3.23. The van der Waals surface area contributed by atoms with Gasteiger partial charge in [-0.05, 0) is 13.3 Å². The van der Waals surface area contributed by atoms with E-state index in [0.29, 0.717) is 11.5 Å². The normalized spacial score (nSPS) is 10.8. The van der Waals surface area contributed by atoms with Gasteiger partial charge in [-0.1, -0.05) is 50.1 Å². The molecule has 0 radical (unpaired) electrons. The maximum atomic E-state index is 12.7. The van der Waals surface area contributed by atoms with Crippen molar-refractivity contribution in [2.75, 3.05) is 5.32 Å². The molecule has 0 aliphatic rings. The number of nitrogens with one attached hydrogen (secondary N) is 2. The molecule has 0 spiro atoms. The summed E-state index contributed by atoms with van der Waals surface area (Å²) >= 11 is 0. The van der Waals surface area contributed by atoms with Crippen molar-refractivity contribution >= 4 is 11.7 Å². The summed E-state index contributed by atoms with van der Waals surface area (Å²) in [5, 5.41) is 18.0. The van der Waals surface area contributed by atoms with Gasteiger partial charge in [-0.3, -0.25) is 4.79 Å². The number of aromatic amines is 1. The lowest BCUT2D eigenvalue weighted by Gasteiger charge is -2.08. The lowest BCUT2D eigenvalue weighted by molar-refractivity contribution is 0.102. The minimum Gasteiger partial charge on any atom is -0.305 e. The predicted octanol–water partition coefficient (Wildman–Crippen LogP) is 3.42. The summed E-state index contributed by atoms with van der Waals surface area (Å²) in [6, 6.07) is 11.4. The van der Waals surface area contributed by atoms with Crippen LogP contribution in [-0.2, 0) is 6.54 Å². The van der Waals surface area contributed by atoms with E-state index in [-0.39, 0.29) is 11.6 Å². The molecule has 0 aliphatic heterocycles. The molecule has 2 aromatic heterocycles. The topological polar surface area (TPSA) is 88.5 Å². The number of nitrogens with zero attached hydrogens (tertiary/aromatic N) is 4. The number of carbonyl (C=O) groups is 1. The number of rotatable bonds is 7. The van der Waals surface area contributed by atoms with Gasteiger partial charge < -0.3 is 5.32 Å². The molecule has 7 nitrogen and oxygen atoms in total. The second-order valence-electron chi connectivity index (χ2n) is 5.94. The van der Waals surface area contributed by atoms with Gasteiger partial charge in [0.15, 0.2) is 5.69 Å². The Hall–Kier alpha value is -2.96. The maximum Gasteiger partial charge on any atom is 0.279 e. The zero-order chi connectivity index (χ0) is 17.6. The molecule has 0 bridgehead atoms. The highest BCUT2D eigenvalue weighted by molar-refractivity contribution is 6.06. The minimum atomic E-state index is -0.302. The molecule has 130 valence electrons. The van der Waals surface area contributed by atoms with E-state index in [4.69, 9.17) is 0 Å². The van der Waals surface area contributed by atoms with Crippen molar-refractivity contribution in [3.05, 3.63) is 47.8 Å². The molecule has 3 aromatic rings. The molecule has 1 amide bonds. The molecule has 2 heterocycles. The van der Waals surface area contributed by atoms with E-state index >= 15 is 0 Å². The first kappa shape index (κ1) is 16.9. The zero-order valence-corrected chi connectivity index (χ0v) is 14.5. The third kappa shape index (κ3) is 3.93. The molecule has 1 aromatic carbocycles. The van der Waals surface area contributed by atoms with E-state index in [1.807, 2.05) is 48.0 Å². The number of H-pyrrole nitrogens is 1. The van der Waals surface area contributed by atoms with Crippen LogP contribution in [0.4, 0.5) is 5.82 Å². The van der Waals surface area contributed by atoms with Crippen LogP contribution in [0.25, 0.3) is 11.3 Å². The Labute approximate surface area is 146 Å². The van der Waals surface area contributed by atoms with Crippen LogP contribution in [0.2, 0.25) is 0 Å². The Kier molecular flexibility index (Phi) is 5.23. The average molecular weight is 338 g/mol. The molecular weight excluding hydrogens is 316 g/mol. The van der Waals surface area contributed by atoms with E-state index in [2.05, 4.69) is 32.7 Å². The molecule has 0 unspecified atom stereocenters. The van der Waals surface area contributed by atoms with Crippen molar-refractivity contribution in [1.82, 2.24) is 25.2 Å². The highest BCUT2D eigenvalue weighted by Gasteiger charge is 2.19. The molecule has 0 fully saturated rings. The van der Waals surface area contributed by atoms with Gasteiger partial charge in [0.2, 0.25) is 0 Å². The Morgan fingerprint density at radius 2 is 2.00 bits per heavy atom. The molecule has 0 aliphatic carbocycles. The monoisotopic (exact) mass is 338 g/mol. The smallest absolute Gasteiger partial charge is 0.279 e. The van der Waals surface area contributed by atoms with Gasteiger partial charge in [-0.25, -0.2) is 4.68 Å². The number of hydrogen-bond acceptors (Lipinski definition) is 4. The fourth-order valence-corrected chi connectivity index (χ4v) is 2.69. The summed E-state index contributed by atoms with van der Waals surface area (Å²) in [4.78, 5) is 12.7. The number of aryl methyl sites for hydroxylation is 2. The zero-order valence-electron chi connectivity index (χ0n) is 14.5. The lowest BCUT2D eigenvalue weighted by atomic mass is 10.1. The maximum absolute atomic E-state index is 12.7. The highest BCUT2D eigenvalue weighted by atomic mass is 16.2. The van der Waals surface area contributed by atoms with Crippen LogP contribution in [0.5, 0.6) is 0 Å². The van der Waals surface area contributed by atoms with Crippen LogP contribution in [0.15, 0.2) is 36.4 Å². The second-order valence-corrected chi connectivity index (χ2v) is 5.94.